The number of hydrogen-bond acceptors (Lipinski definition) is 4. The summed E-state index contributed by atoms with van der Waals surface area (Å²) in [5.74, 6) is 0. The van der Waals surface area contributed by atoms with Crippen LogP contribution in [0.25, 0.3) is 66.1 Å². The topological polar surface area (TPSA) is 97.9 Å². The van der Waals surface area contributed by atoms with Crippen LogP contribution < -0.4 is 5.46 Å². The van der Waals surface area contributed by atoms with Gasteiger partial charge in [-0.15, -0.1) is 0 Å². The van der Waals surface area contributed by atoms with Crippen LogP contribution >= 0.6 is 15.9 Å². The van der Waals surface area contributed by atoms with Gasteiger partial charge in [0, 0.05) is 37.4 Å². The minimum atomic E-state index is -1.46. The maximum atomic E-state index is 9.43. The van der Waals surface area contributed by atoms with E-state index in [0.29, 0.717) is 16.6 Å². The average molecular weight is 814 g/mol. The van der Waals surface area contributed by atoms with Crippen LogP contribution in [0.4, 0.5) is 0 Å². The van der Waals surface area contributed by atoms with Gasteiger partial charge in [0.25, 0.3) is 0 Å². The van der Waals surface area contributed by atoms with E-state index >= 15 is 0 Å². The Morgan fingerprint density at radius 3 is 1.33 bits per heavy atom. The maximum absolute atomic E-state index is 9.43. The predicted octanol–water partition coefficient (Wildman–Crippen LogP) is 11.1. The molecule has 2 aromatic heterocycles. The molecule has 0 aliphatic heterocycles. The molecule has 2 N–H and O–H groups in total. The van der Waals surface area contributed by atoms with Crippen LogP contribution in [0.1, 0.15) is 11.1 Å². The standard InChI is InChI=1S/C25H16N2.C18H14BNO2.C7H4BrN/c26-17-18-10-12-19(13-11-18)20-14-15-25-23(16-20)22-8-4-5-9-24(22)27(25)21-6-2-1-3-7-21;21-19(22)13-10-11-18-16(12-13)15-8-4-5-9-17(15)20(18)14-6-2-1-3-7-14;8-7-3-1-6(5-9)2-4-7/h1-16H;1-12,21-22H;1-4H. The van der Waals surface area contributed by atoms with E-state index in [1.54, 1.807) is 18.2 Å². The summed E-state index contributed by atoms with van der Waals surface area (Å²) >= 11 is 3.27. The van der Waals surface area contributed by atoms with E-state index in [9.17, 15) is 10.0 Å². The number of fused-ring (bicyclic) bond motifs is 6. The quantitative estimate of drug-likeness (QED) is 0.173. The Morgan fingerprint density at radius 2 is 0.828 bits per heavy atom. The molecule has 0 amide bonds. The van der Waals surface area contributed by atoms with Gasteiger partial charge in [-0.3, -0.25) is 0 Å². The monoisotopic (exact) mass is 812 g/mol. The molecule has 8 heteroatoms. The third kappa shape index (κ3) is 7.64. The van der Waals surface area contributed by atoms with Crippen molar-refractivity contribution in [3.63, 3.8) is 0 Å². The third-order valence-electron chi connectivity index (χ3n) is 10.0. The van der Waals surface area contributed by atoms with E-state index in [2.05, 4.69) is 122 Å². The molecule has 0 saturated heterocycles. The van der Waals surface area contributed by atoms with Gasteiger partial charge >= 0.3 is 7.12 Å². The first-order valence-electron chi connectivity index (χ1n) is 18.6. The molecule has 0 saturated carbocycles. The molecular weight excluding hydrogens is 779 g/mol. The predicted molar refractivity (Wildman–Crippen MR) is 240 cm³/mol. The maximum Gasteiger partial charge on any atom is 0.488 e. The molecule has 276 valence electrons. The zero-order valence-electron chi connectivity index (χ0n) is 31.1. The minimum Gasteiger partial charge on any atom is -0.423 e. The van der Waals surface area contributed by atoms with Gasteiger partial charge in [-0.25, -0.2) is 0 Å². The summed E-state index contributed by atoms with van der Waals surface area (Å²) in [6, 6.07) is 68.6. The third-order valence-corrected chi connectivity index (χ3v) is 10.5. The lowest BCUT2D eigenvalue weighted by Crippen LogP contribution is -2.29. The largest absolute Gasteiger partial charge is 0.488 e. The summed E-state index contributed by atoms with van der Waals surface area (Å²) in [7, 11) is -1.46. The lowest BCUT2D eigenvalue weighted by Gasteiger charge is -2.08. The molecule has 58 heavy (non-hydrogen) atoms. The number of nitrogens with zero attached hydrogens (tertiary/aromatic N) is 4. The smallest absolute Gasteiger partial charge is 0.423 e. The normalized spacial score (nSPS) is 10.6. The van der Waals surface area contributed by atoms with Crippen molar-refractivity contribution < 1.29 is 10.0 Å². The zero-order chi connectivity index (χ0) is 40.0. The van der Waals surface area contributed by atoms with E-state index in [4.69, 9.17) is 10.5 Å². The molecule has 0 radical (unpaired) electrons. The van der Waals surface area contributed by atoms with Crippen molar-refractivity contribution in [2.24, 2.45) is 0 Å². The van der Waals surface area contributed by atoms with Crippen molar-refractivity contribution in [1.29, 1.82) is 10.5 Å². The van der Waals surface area contributed by atoms with E-state index in [1.807, 2.05) is 91.0 Å². The van der Waals surface area contributed by atoms with Crippen LogP contribution in [0.2, 0.25) is 0 Å². The Kier molecular flexibility index (Phi) is 11.0. The van der Waals surface area contributed by atoms with Gasteiger partial charge < -0.3 is 19.2 Å². The highest BCUT2D eigenvalue weighted by Crippen LogP contribution is 2.35. The van der Waals surface area contributed by atoms with Crippen LogP contribution in [0.3, 0.4) is 0 Å². The fraction of sp³-hybridized carbons (Fsp3) is 0. The molecular formula is C50H34BBrN4O2. The van der Waals surface area contributed by atoms with Gasteiger partial charge in [0.05, 0.1) is 45.3 Å². The number of aromatic nitrogens is 2. The van der Waals surface area contributed by atoms with E-state index in [1.165, 1.54) is 21.8 Å². The fourth-order valence-corrected chi connectivity index (χ4v) is 7.54. The molecule has 0 fully saturated rings. The van der Waals surface area contributed by atoms with E-state index < -0.39 is 7.12 Å². The minimum absolute atomic E-state index is 0.503. The summed E-state index contributed by atoms with van der Waals surface area (Å²) in [5, 5.41) is 40.8. The van der Waals surface area contributed by atoms with Crippen molar-refractivity contribution in [2.45, 2.75) is 0 Å². The summed E-state index contributed by atoms with van der Waals surface area (Å²) < 4.78 is 5.51. The number of halogens is 1. The molecule has 0 bridgehead atoms. The molecule has 2 heterocycles. The highest BCUT2D eigenvalue weighted by molar-refractivity contribution is 9.10. The van der Waals surface area contributed by atoms with Gasteiger partial charge in [-0.2, -0.15) is 10.5 Å². The van der Waals surface area contributed by atoms with Gasteiger partial charge in [0.15, 0.2) is 0 Å². The molecule has 10 rings (SSSR count). The first-order valence-corrected chi connectivity index (χ1v) is 19.4. The Hall–Kier alpha value is -7.20. The van der Waals surface area contributed by atoms with Crippen LogP contribution in [0, 0.1) is 22.7 Å². The first kappa shape index (κ1) is 37.7. The summed E-state index contributed by atoms with van der Waals surface area (Å²) in [4.78, 5) is 0. The second-order valence-electron chi connectivity index (χ2n) is 13.6. The summed E-state index contributed by atoms with van der Waals surface area (Å²) in [6.07, 6.45) is 0. The number of nitriles is 2. The van der Waals surface area contributed by atoms with Gasteiger partial charge in [0.1, 0.15) is 0 Å². The second kappa shape index (κ2) is 16.9. The van der Waals surface area contributed by atoms with Crippen molar-refractivity contribution in [1.82, 2.24) is 9.13 Å². The van der Waals surface area contributed by atoms with Crippen molar-refractivity contribution >= 4 is 72.1 Å². The second-order valence-corrected chi connectivity index (χ2v) is 14.5. The molecule has 0 unspecified atom stereocenters. The highest BCUT2D eigenvalue weighted by atomic mass is 79.9. The summed E-state index contributed by atoms with van der Waals surface area (Å²) in [6.45, 7) is 0. The highest BCUT2D eigenvalue weighted by Gasteiger charge is 2.17. The van der Waals surface area contributed by atoms with Crippen LogP contribution in [0.5, 0.6) is 0 Å². The van der Waals surface area contributed by atoms with Crippen molar-refractivity contribution in [3.8, 4) is 34.6 Å². The molecule has 0 spiro atoms. The fourth-order valence-electron chi connectivity index (χ4n) is 7.28. The van der Waals surface area contributed by atoms with Crippen molar-refractivity contribution in [3.05, 3.63) is 210 Å². The zero-order valence-corrected chi connectivity index (χ0v) is 32.7. The number of benzene rings is 8. The molecule has 6 nitrogen and oxygen atoms in total. The van der Waals surface area contributed by atoms with E-state index in [-0.39, 0.29) is 0 Å². The first-order chi connectivity index (χ1) is 28.4. The molecule has 10 aromatic rings. The Labute approximate surface area is 344 Å². The van der Waals surface area contributed by atoms with Crippen LogP contribution in [-0.4, -0.2) is 26.3 Å². The van der Waals surface area contributed by atoms with E-state index in [0.717, 1.165) is 48.8 Å². The Bertz CT molecular complexity index is 3110. The van der Waals surface area contributed by atoms with Gasteiger partial charge in [0.2, 0.25) is 0 Å². The summed E-state index contributed by atoms with van der Waals surface area (Å²) in [5.41, 5.74) is 11.0. The molecule has 0 aliphatic rings. The SMILES string of the molecule is N#Cc1ccc(-c2ccc3c(c2)c2ccccc2n3-c2ccccc2)cc1.N#Cc1ccc(Br)cc1.OB(O)c1ccc2c(c1)c1ccccc1n2-c1ccccc1. The Morgan fingerprint density at radius 1 is 0.414 bits per heavy atom. The number of para-hydroxylation sites is 4. The van der Waals surface area contributed by atoms with Gasteiger partial charge in [-0.05, 0) is 108 Å². The van der Waals surface area contributed by atoms with Gasteiger partial charge in [-0.1, -0.05) is 119 Å². The average Bonchev–Trinajstić information content (AvgIpc) is 3.80. The lowest BCUT2D eigenvalue weighted by molar-refractivity contribution is 0.426. The van der Waals surface area contributed by atoms with Crippen molar-refractivity contribution in [2.75, 3.05) is 0 Å². The lowest BCUT2D eigenvalue weighted by atomic mass is 9.80. The molecule has 8 aromatic carbocycles. The Balaban J connectivity index is 0.000000136. The number of rotatable bonds is 4. The van der Waals surface area contributed by atoms with Crippen LogP contribution in [-0.2, 0) is 0 Å². The van der Waals surface area contributed by atoms with Crippen LogP contribution in [0.15, 0.2) is 199 Å². The molecule has 0 aliphatic carbocycles. The molecule has 0 atom stereocenters. The number of hydrogen-bond donors (Lipinski definition) is 2.